The summed E-state index contributed by atoms with van der Waals surface area (Å²) in [7, 11) is 1.69. The molecule has 2 aromatic carbocycles. The monoisotopic (exact) mass is 456 g/mol. The largest absolute Gasteiger partial charge is 0.497 e. The molecule has 1 aromatic heterocycles. The van der Waals surface area contributed by atoms with Crippen molar-refractivity contribution in [2.75, 3.05) is 12.0 Å². The Labute approximate surface area is 200 Å². The fraction of sp³-hybridized carbons (Fsp3) is 0.448. The summed E-state index contributed by atoms with van der Waals surface area (Å²) in [5.74, 6) is 0.866. The van der Waals surface area contributed by atoms with Gasteiger partial charge in [0.2, 0.25) is 11.8 Å². The van der Waals surface area contributed by atoms with Gasteiger partial charge in [-0.2, -0.15) is 0 Å². The second-order valence-electron chi connectivity index (χ2n) is 11.4. The van der Waals surface area contributed by atoms with Crippen LogP contribution in [0.15, 0.2) is 48.5 Å². The highest BCUT2D eigenvalue weighted by molar-refractivity contribution is 6.24. The highest BCUT2D eigenvalue weighted by Crippen LogP contribution is 2.60. The summed E-state index contributed by atoms with van der Waals surface area (Å²) in [4.78, 5) is 32.9. The van der Waals surface area contributed by atoms with Gasteiger partial charge in [-0.05, 0) is 78.3 Å². The number of fused-ring (bicyclic) bond motifs is 8. The van der Waals surface area contributed by atoms with E-state index in [1.54, 1.807) is 7.11 Å². The maximum Gasteiger partial charge on any atom is 0.243 e. The number of anilines is 1. The first-order valence-electron chi connectivity index (χ1n) is 12.4. The van der Waals surface area contributed by atoms with E-state index in [1.807, 2.05) is 42.5 Å². The van der Waals surface area contributed by atoms with Crippen molar-refractivity contribution in [1.29, 1.82) is 0 Å². The van der Waals surface area contributed by atoms with Crippen molar-refractivity contribution in [3.05, 3.63) is 59.8 Å². The number of hydrogen-bond donors (Lipinski definition) is 1. The summed E-state index contributed by atoms with van der Waals surface area (Å²) in [6, 6.07) is 15.5. The molecule has 34 heavy (non-hydrogen) atoms. The molecule has 5 heteroatoms. The van der Waals surface area contributed by atoms with Crippen LogP contribution >= 0.6 is 0 Å². The summed E-state index contributed by atoms with van der Waals surface area (Å²) in [5, 5.41) is 1.13. The SMILES string of the molecule is COc1ccc2[nH]c3c(c2c1)[C@H]1CCC(C(C)(C)C)C[C@H]1[C@H]1C(=O)N(c2ccccc2)C(=O)[C@@H]31. The summed E-state index contributed by atoms with van der Waals surface area (Å²) in [6.45, 7) is 6.91. The van der Waals surface area contributed by atoms with Gasteiger partial charge in [-0.1, -0.05) is 39.0 Å². The molecule has 0 radical (unpaired) electrons. The number of rotatable bonds is 2. The van der Waals surface area contributed by atoms with Gasteiger partial charge in [0.1, 0.15) is 5.75 Å². The second kappa shape index (κ2) is 7.46. The Kier molecular flexibility index (Phi) is 4.71. The van der Waals surface area contributed by atoms with E-state index in [2.05, 4.69) is 31.8 Å². The minimum Gasteiger partial charge on any atom is -0.497 e. The van der Waals surface area contributed by atoms with Crippen LogP contribution in [0.3, 0.4) is 0 Å². The van der Waals surface area contributed by atoms with Crippen molar-refractivity contribution in [3.8, 4) is 5.75 Å². The highest BCUT2D eigenvalue weighted by Gasteiger charge is 2.59. The lowest BCUT2D eigenvalue weighted by Crippen LogP contribution is -2.41. The Morgan fingerprint density at radius 2 is 1.76 bits per heavy atom. The van der Waals surface area contributed by atoms with Crippen molar-refractivity contribution in [3.63, 3.8) is 0 Å². The first-order valence-corrected chi connectivity index (χ1v) is 12.4. The van der Waals surface area contributed by atoms with Crippen LogP contribution in [0.2, 0.25) is 0 Å². The molecule has 1 saturated heterocycles. The average molecular weight is 457 g/mol. The number of para-hydroxylation sites is 1. The van der Waals surface area contributed by atoms with E-state index >= 15 is 0 Å². The molecule has 1 aliphatic heterocycles. The van der Waals surface area contributed by atoms with Crippen LogP contribution in [0.4, 0.5) is 5.69 Å². The molecule has 2 aliphatic carbocycles. The van der Waals surface area contributed by atoms with E-state index < -0.39 is 5.92 Å². The minimum atomic E-state index is -0.457. The average Bonchev–Trinajstić information content (AvgIpc) is 3.33. The number of hydrogen-bond acceptors (Lipinski definition) is 3. The lowest BCUT2D eigenvalue weighted by Gasteiger charge is -2.47. The molecule has 5 nitrogen and oxygen atoms in total. The van der Waals surface area contributed by atoms with Crippen LogP contribution in [0, 0.1) is 23.2 Å². The quantitative estimate of drug-likeness (QED) is 0.481. The van der Waals surface area contributed by atoms with Crippen molar-refractivity contribution in [2.24, 2.45) is 23.2 Å². The van der Waals surface area contributed by atoms with Crippen LogP contribution in [0.5, 0.6) is 5.75 Å². The van der Waals surface area contributed by atoms with Gasteiger partial charge in [-0.25, -0.2) is 4.90 Å². The maximum atomic E-state index is 14.0. The third-order valence-corrected chi connectivity index (χ3v) is 8.71. The number of aromatic amines is 1. The van der Waals surface area contributed by atoms with Gasteiger partial charge in [-0.15, -0.1) is 0 Å². The lowest BCUT2D eigenvalue weighted by atomic mass is 9.56. The van der Waals surface area contributed by atoms with E-state index in [0.29, 0.717) is 11.6 Å². The predicted octanol–water partition coefficient (Wildman–Crippen LogP) is 6.01. The molecular weight excluding hydrogens is 424 g/mol. The molecular formula is C29H32N2O3. The number of nitrogens with one attached hydrogen (secondary N) is 1. The number of amides is 2. The molecule has 2 amide bonds. The summed E-state index contributed by atoms with van der Waals surface area (Å²) >= 11 is 0. The third kappa shape index (κ3) is 2.98. The van der Waals surface area contributed by atoms with Gasteiger partial charge < -0.3 is 9.72 Å². The van der Waals surface area contributed by atoms with E-state index in [0.717, 1.165) is 41.6 Å². The third-order valence-electron chi connectivity index (χ3n) is 8.71. The summed E-state index contributed by atoms with van der Waals surface area (Å²) < 4.78 is 5.54. The van der Waals surface area contributed by atoms with Crippen LogP contribution in [0.1, 0.15) is 63.1 Å². The number of aromatic nitrogens is 1. The molecule has 2 fully saturated rings. The van der Waals surface area contributed by atoms with Crippen LogP contribution in [-0.2, 0) is 9.59 Å². The summed E-state index contributed by atoms with van der Waals surface area (Å²) in [5.41, 5.74) is 4.05. The lowest BCUT2D eigenvalue weighted by molar-refractivity contribution is -0.123. The highest BCUT2D eigenvalue weighted by atomic mass is 16.5. The number of nitrogens with zero attached hydrogens (tertiary/aromatic N) is 1. The first kappa shape index (κ1) is 21.5. The molecule has 1 saturated carbocycles. The molecule has 0 bridgehead atoms. The summed E-state index contributed by atoms with van der Waals surface area (Å²) in [6.07, 6.45) is 3.16. The zero-order valence-corrected chi connectivity index (χ0v) is 20.3. The Bertz CT molecular complexity index is 1290. The topological polar surface area (TPSA) is 62.4 Å². The molecule has 6 rings (SSSR count). The standard InChI is InChI=1S/C29H32N2O3/c1-29(2,3)16-10-12-19-20(14-16)24-25(28(33)31(27(24)32)17-8-6-5-7-9-17)26-23(19)21-15-18(34-4)11-13-22(21)30-26/h5-9,11,13,15-16,19-20,24-25,30H,10,12,14H2,1-4H3/t16?,19-,20+,24+,25+/m0/s1. The molecule has 2 heterocycles. The fourth-order valence-electron chi connectivity index (χ4n) is 6.99. The van der Waals surface area contributed by atoms with Gasteiger partial charge in [0.05, 0.1) is 24.6 Å². The number of imide groups is 1. The number of H-pyrrole nitrogens is 1. The molecule has 3 aliphatic rings. The van der Waals surface area contributed by atoms with Crippen molar-refractivity contribution < 1.29 is 14.3 Å². The Morgan fingerprint density at radius 1 is 1.00 bits per heavy atom. The van der Waals surface area contributed by atoms with Crippen LogP contribution < -0.4 is 9.64 Å². The van der Waals surface area contributed by atoms with Gasteiger partial charge in [0, 0.05) is 16.6 Å². The smallest absolute Gasteiger partial charge is 0.243 e. The number of methoxy groups -OCH3 is 1. The maximum absolute atomic E-state index is 14.0. The number of ether oxygens (including phenoxy) is 1. The molecule has 1 unspecified atom stereocenters. The predicted molar refractivity (Wildman–Crippen MR) is 133 cm³/mol. The number of benzene rings is 2. The van der Waals surface area contributed by atoms with E-state index in [1.165, 1.54) is 10.5 Å². The zero-order valence-electron chi connectivity index (χ0n) is 20.3. The van der Waals surface area contributed by atoms with Crippen molar-refractivity contribution in [1.82, 2.24) is 4.98 Å². The van der Waals surface area contributed by atoms with Crippen LogP contribution in [-0.4, -0.2) is 23.9 Å². The van der Waals surface area contributed by atoms with Crippen molar-refractivity contribution >= 4 is 28.4 Å². The first-order chi connectivity index (χ1) is 16.3. The van der Waals surface area contributed by atoms with Crippen LogP contribution in [0.25, 0.3) is 10.9 Å². The number of carbonyl (C=O) groups is 2. The van der Waals surface area contributed by atoms with Crippen molar-refractivity contribution in [2.45, 2.75) is 51.9 Å². The zero-order chi connectivity index (χ0) is 23.8. The Morgan fingerprint density at radius 3 is 2.47 bits per heavy atom. The van der Waals surface area contributed by atoms with E-state index in [-0.39, 0.29) is 35.0 Å². The Hall–Kier alpha value is -3.08. The van der Waals surface area contributed by atoms with Gasteiger partial charge in [-0.3, -0.25) is 9.59 Å². The van der Waals surface area contributed by atoms with Gasteiger partial charge in [0.15, 0.2) is 0 Å². The minimum absolute atomic E-state index is 0.0346. The molecule has 1 N–H and O–H groups in total. The fourth-order valence-corrected chi connectivity index (χ4v) is 6.99. The van der Waals surface area contributed by atoms with Gasteiger partial charge >= 0.3 is 0 Å². The Balaban J connectivity index is 1.55. The second-order valence-corrected chi connectivity index (χ2v) is 11.4. The van der Waals surface area contributed by atoms with Gasteiger partial charge in [0.25, 0.3) is 0 Å². The molecule has 0 spiro atoms. The normalized spacial score (nSPS) is 28.6. The molecule has 5 atom stereocenters. The van der Waals surface area contributed by atoms with E-state index in [4.69, 9.17) is 4.74 Å². The number of carbonyl (C=O) groups excluding carboxylic acids is 2. The molecule has 176 valence electrons. The van der Waals surface area contributed by atoms with E-state index in [9.17, 15) is 9.59 Å². The molecule has 3 aromatic rings.